The van der Waals surface area contributed by atoms with Crippen LogP contribution < -0.4 is 10.1 Å². The van der Waals surface area contributed by atoms with Crippen LogP contribution in [0.15, 0.2) is 42.5 Å². The molecule has 0 aliphatic carbocycles. The Morgan fingerprint density at radius 2 is 1.87 bits per heavy atom. The van der Waals surface area contributed by atoms with Crippen LogP contribution in [0, 0.1) is 0 Å². The van der Waals surface area contributed by atoms with E-state index in [1.54, 1.807) is 18.2 Å². The van der Waals surface area contributed by atoms with E-state index in [1.165, 1.54) is 5.56 Å². The van der Waals surface area contributed by atoms with Crippen molar-refractivity contribution in [2.24, 2.45) is 0 Å². The number of ether oxygens (including phenoxy) is 1. The minimum Gasteiger partial charge on any atom is -0.492 e. The third-order valence-electron chi connectivity index (χ3n) is 3.73. The molecule has 0 bridgehead atoms. The van der Waals surface area contributed by atoms with Crippen molar-refractivity contribution in [3.8, 4) is 5.75 Å². The molecule has 122 valence electrons. The standard InChI is InChI=1S/C19H22ClNO2/c1-4-14-6-8-15(9-7-14)13(3)21-19(22)16-10-11-18(23-5-2)17(20)12-16/h6-13H,4-5H2,1-3H3,(H,21,22)/t13-/m1/s1. The molecule has 2 rings (SSSR count). The van der Waals surface area contributed by atoms with E-state index in [0.717, 1.165) is 12.0 Å². The van der Waals surface area contributed by atoms with Gasteiger partial charge in [-0.05, 0) is 49.6 Å². The Kier molecular flexibility index (Phi) is 6.05. The first-order valence-electron chi connectivity index (χ1n) is 7.87. The Labute approximate surface area is 142 Å². The van der Waals surface area contributed by atoms with Gasteiger partial charge in [0.2, 0.25) is 0 Å². The highest BCUT2D eigenvalue weighted by Crippen LogP contribution is 2.25. The Morgan fingerprint density at radius 1 is 1.17 bits per heavy atom. The lowest BCUT2D eigenvalue weighted by molar-refractivity contribution is 0.0940. The molecule has 0 saturated heterocycles. The summed E-state index contributed by atoms with van der Waals surface area (Å²) < 4.78 is 5.38. The van der Waals surface area contributed by atoms with Gasteiger partial charge in [0, 0.05) is 5.56 Å². The van der Waals surface area contributed by atoms with Crippen molar-refractivity contribution >= 4 is 17.5 Å². The molecule has 0 saturated carbocycles. The van der Waals surface area contributed by atoms with Crippen LogP contribution in [0.5, 0.6) is 5.75 Å². The maximum atomic E-state index is 12.4. The van der Waals surface area contributed by atoms with Gasteiger partial charge in [-0.25, -0.2) is 0 Å². The molecule has 1 amide bonds. The third kappa shape index (κ3) is 4.49. The first-order chi connectivity index (χ1) is 11.0. The summed E-state index contributed by atoms with van der Waals surface area (Å²) in [5, 5.41) is 3.43. The van der Waals surface area contributed by atoms with Gasteiger partial charge in [0.05, 0.1) is 17.7 Å². The SMILES string of the molecule is CCOc1ccc(C(=O)N[C@H](C)c2ccc(CC)cc2)cc1Cl. The van der Waals surface area contributed by atoms with E-state index in [9.17, 15) is 4.79 Å². The summed E-state index contributed by atoms with van der Waals surface area (Å²) in [5.41, 5.74) is 2.88. The minimum absolute atomic E-state index is 0.0706. The first-order valence-corrected chi connectivity index (χ1v) is 8.25. The molecule has 1 N–H and O–H groups in total. The van der Waals surface area contributed by atoms with E-state index in [2.05, 4.69) is 36.5 Å². The summed E-state index contributed by atoms with van der Waals surface area (Å²) in [5.74, 6) is 0.441. The van der Waals surface area contributed by atoms with Crippen molar-refractivity contribution in [3.63, 3.8) is 0 Å². The summed E-state index contributed by atoms with van der Waals surface area (Å²) in [6.45, 7) is 6.52. The maximum Gasteiger partial charge on any atom is 0.251 e. The summed E-state index contributed by atoms with van der Waals surface area (Å²) in [7, 11) is 0. The van der Waals surface area contributed by atoms with Crippen LogP contribution >= 0.6 is 11.6 Å². The molecule has 2 aromatic carbocycles. The molecule has 2 aromatic rings. The molecular formula is C19H22ClNO2. The third-order valence-corrected chi connectivity index (χ3v) is 4.02. The van der Waals surface area contributed by atoms with Crippen LogP contribution in [0.25, 0.3) is 0 Å². The van der Waals surface area contributed by atoms with Crippen molar-refractivity contribution in [3.05, 3.63) is 64.2 Å². The van der Waals surface area contributed by atoms with E-state index < -0.39 is 0 Å². The van der Waals surface area contributed by atoms with Gasteiger partial charge in [0.15, 0.2) is 0 Å². The second kappa shape index (κ2) is 8.02. The van der Waals surface area contributed by atoms with E-state index in [4.69, 9.17) is 16.3 Å². The zero-order valence-electron chi connectivity index (χ0n) is 13.7. The van der Waals surface area contributed by atoms with Gasteiger partial charge in [0.1, 0.15) is 5.75 Å². The lowest BCUT2D eigenvalue weighted by Gasteiger charge is -2.15. The fourth-order valence-corrected chi connectivity index (χ4v) is 2.56. The smallest absolute Gasteiger partial charge is 0.251 e. The van der Waals surface area contributed by atoms with Crippen LogP contribution in [-0.4, -0.2) is 12.5 Å². The van der Waals surface area contributed by atoms with Crippen LogP contribution in [0.1, 0.15) is 48.3 Å². The molecule has 0 radical (unpaired) electrons. The average molecular weight is 332 g/mol. The van der Waals surface area contributed by atoms with Gasteiger partial charge in [0.25, 0.3) is 5.91 Å². The largest absolute Gasteiger partial charge is 0.492 e. The molecular weight excluding hydrogens is 310 g/mol. The maximum absolute atomic E-state index is 12.4. The predicted molar refractivity (Wildman–Crippen MR) is 94.3 cm³/mol. The molecule has 23 heavy (non-hydrogen) atoms. The van der Waals surface area contributed by atoms with E-state index in [-0.39, 0.29) is 11.9 Å². The van der Waals surface area contributed by atoms with Crippen LogP contribution in [0.2, 0.25) is 5.02 Å². The highest BCUT2D eigenvalue weighted by atomic mass is 35.5. The predicted octanol–water partition coefficient (Wildman–Crippen LogP) is 4.79. The summed E-state index contributed by atoms with van der Waals surface area (Å²) in [6.07, 6.45) is 1.01. The lowest BCUT2D eigenvalue weighted by atomic mass is 10.0. The normalized spacial score (nSPS) is 11.8. The number of halogens is 1. The molecule has 0 aliphatic rings. The Bertz CT molecular complexity index is 668. The monoisotopic (exact) mass is 331 g/mol. The number of nitrogens with one attached hydrogen (secondary N) is 1. The summed E-state index contributed by atoms with van der Waals surface area (Å²) in [4.78, 5) is 12.4. The fourth-order valence-electron chi connectivity index (χ4n) is 2.32. The topological polar surface area (TPSA) is 38.3 Å². The summed E-state index contributed by atoms with van der Waals surface area (Å²) in [6, 6.07) is 13.3. The molecule has 0 aliphatic heterocycles. The molecule has 0 fully saturated rings. The molecule has 0 spiro atoms. The van der Waals surface area contributed by atoms with Gasteiger partial charge < -0.3 is 10.1 Å². The molecule has 0 heterocycles. The quantitative estimate of drug-likeness (QED) is 0.826. The van der Waals surface area contributed by atoms with Crippen LogP contribution in [0.4, 0.5) is 0 Å². The minimum atomic E-state index is -0.151. The van der Waals surface area contributed by atoms with Gasteiger partial charge >= 0.3 is 0 Å². The number of carbonyl (C=O) groups excluding carboxylic acids is 1. The second-order valence-electron chi connectivity index (χ2n) is 5.37. The molecule has 0 aromatic heterocycles. The second-order valence-corrected chi connectivity index (χ2v) is 5.78. The van der Waals surface area contributed by atoms with E-state index in [0.29, 0.717) is 22.9 Å². The first kappa shape index (κ1) is 17.4. The number of benzene rings is 2. The zero-order valence-corrected chi connectivity index (χ0v) is 14.5. The van der Waals surface area contributed by atoms with E-state index >= 15 is 0 Å². The van der Waals surface area contributed by atoms with Gasteiger partial charge in [-0.3, -0.25) is 4.79 Å². The summed E-state index contributed by atoms with van der Waals surface area (Å²) >= 11 is 6.13. The average Bonchev–Trinajstić information content (AvgIpc) is 2.56. The van der Waals surface area contributed by atoms with Crippen molar-refractivity contribution in [2.75, 3.05) is 6.61 Å². The highest BCUT2D eigenvalue weighted by molar-refractivity contribution is 6.32. The van der Waals surface area contributed by atoms with Crippen molar-refractivity contribution in [1.29, 1.82) is 0 Å². The number of carbonyl (C=O) groups is 1. The lowest BCUT2D eigenvalue weighted by Crippen LogP contribution is -2.26. The highest BCUT2D eigenvalue weighted by Gasteiger charge is 2.13. The van der Waals surface area contributed by atoms with Crippen molar-refractivity contribution in [1.82, 2.24) is 5.32 Å². The number of aryl methyl sites for hydroxylation is 1. The Morgan fingerprint density at radius 3 is 2.43 bits per heavy atom. The number of hydrogen-bond acceptors (Lipinski definition) is 2. The molecule has 1 atom stereocenters. The van der Waals surface area contributed by atoms with Crippen molar-refractivity contribution < 1.29 is 9.53 Å². The van der Waals surface area contributed by atoms with Gasteiger partial charge in [-0.15, -0.1) is 0 Å². The van der Waals surface area contributed by atoms with Gasteiger partial charge in [-0.2, -0.15) is 0 Å². The molecule has 0 unspecified atom stereocenters. The number of rotatable bonds is 6. The molecule has 4 heteroatoms. The number of hydrogen-bond donors (Lipinski definition) is 1. The molecule has 3 nitrogen and oxygen atoms in total. The van der Waals surface area contributed by atoms with Crippen LogP contribution in [0.3, 0.4) is 0 Å². The number of amides is 1. The fraction of sp³-hybridized carbons (Fsp3) is 0.316. The van der Waals surface area contributed by atoms with Crippen molar-refractivity contribution in [2.45, 2.75) is 33.2 Å². The Hall–Kier alpha value is -2.00. The Balaban J connectivity index is 2.06. The van der Waals surface area contributed by atoms with Crippen LogP contribution in [-0.2, 0) is 6.42 Å². The van der Waals surface area contributed by atoms with E-state index in [1.807, 2.05) is 13.8 Å². The zero-order chi connectivity index (χ0) is 16.8. The van der Waals surface area contributed by atoms with Gasteiger partial charge in [-0.1, -0.05) is 42.8 Å².